The topological polar surface area (TPSA) is 28.5 Å². The van der Waals surface area contributed by atoms with Gasteiger partial charge < -0.3 is 4.90 Å². The predicted molar refractivity (Wildman–Crippen MR) is 63.8 cm³/mol. The molecule has 0 aliphatic carbocycles. The molecule has 0 spiro atoms. The van der Waals surface area contributed by atoms with Crippen molar-refractivity contribution >= 4 is 46.3 Å². The van der Waals surface area contributed by atoms with Gasteiger partial charge in [0, 0.05) is 14.1 Å². The molecule has 3 nitrogen and oxygen atoms in total. The molecule has 0 saturated carbocycles. The Morgan fingerprint density at radius 1 is 1.54 bits per heavy atom. The Bertz CT molecular complexity index is 325. The molecule has 0 N–H and O–H groups in total. The first kappa shape index (κ1) is 10.7. The van der Waals surface area contributed by atoms with E-state index in [4.69, 9.17) is 11.6 Å². The molecule has 0 radical (unpaired) electrons. The minimum atomic E-state index is 0.494. The van der Waals surface area contributed by atoms with Crippen LogP contribution in [0.3, 0.4) is 0 Å². The first-order valence-corrected chi connectivity index (χ1v) is 5.08. The van der Waals surface area contributed by atoms with Gasteiger partial charge in [-0.3, -0.25) is 0 Å². The van der Waals surface area contributed by atoms with Crippen LogP contribution >= 0.6 is 34.2 Å². The molecule has 0 atom stereocenters. The Labute approximate surface area is 96.0 Å². The number of rotatable bonds is 2. The van der Waals surface area contributed by atoms with Gasteiger partial charge in [0.05, 0.1) is 9.91 Å². The van der Waals surface area contributed by atoms with E-state index in [1.165, 1.54) is 0 Å². The lowest BCUT2D eigenvalue weighted by Crippen LogP contribution is -2.07. The maximum atomic E-state index is 5.82. The zero-order valence-electron chi connectivity index (χ0n) is 7.33. The number of aliphatic imine (C=N–C) groups is 1. The van der Waals surface area contributed by atoms with Gasteiger partial charge in [-0.05, 0) is 34.7 Å². The van der Waals surface area contributed by atoms with Crippen LogP contribution in [0.15, 0.2) is 17.1 Å². The van der Waals surface area contributed by atoms with Crippen molar-refractivity contribution in [2.24, 2.45) is 4.99 Å². The number of nitrogens with zero attached hydrogens (tertiary/aromatic N) is 3. The van der Waals surface area contributed by atoms with Gasteiger partial charge in [0.1, 0.15) is 5.15 Å². The van der Waals surface area contributed by atoms with Gasteiger partial charge in [0.25, 0.3) is 0 Å². The second-order valence-electron chi connectivity index (χ2n) is 2.65. The lowest BCUT2D eigenvalue weighted by atomic mass is 10.5. The second-order valence-corrected chi connectivity index (χ2v) is 4.17. The average molecular weight is 310 g/mol. The third kappa shape index (κ3) is 3.48. The minimum Gasteiger partial charge on any atom is -0.369 e. The molecule has 70 valence electrons. The normalized spacial score (nSPS) is 10.8. The number of pyridine rings is 1. The van der Waals surface area contributed by atoms with Crippen molar-refractivity contribution in [3.05, 3.63) is 20.9 Å². The summed E-state index contributed by atoms with van der Waals surface area (Å²) in [4.78, 5) is 10.0. The number of aromatic nitrogens is 1. The van der Waals surface area contributed by atoms with E-state index in [0.717, 1.165) is 3.57 Å². The van der Waals surface area contributed by atoms with E-state index in [2.05, 4.69) is 32.6 Å². The Hall–Kier alpha value is -0.360. The van der Waals surface area contributed by atoms with Crippen molar-refractivity contribution in [1.29, 1.82) is 0 Å². The van der Waals surface area contributed by atoms with Crippen molar-refractivity contribution in [1.82, 2.24) is 9.88 Å². The van der Waals surface area contributed by atoms with E-state index in [-0.39, 0.29) is 0 Å². The Morgan fingerprint density at radius 2 is 2.23 bits per heavy atom. The van der Waals surface area contributed by atoms with Crippen LogP contribution in [0, 0.1) is 3.57 Å². The molecule has 0 saturated heterocycles. The molecular weight excluding hydrogens is 300 g/mol. The highest BCUT2D eigenvalue weighted by Gasteiger charge is 1.98. The van der Waals surface area contributed by atoms with Gasteiger partial charge >= 0.3 is 0 Å². The largest absolute Gasteiger partial charge is 0.369 e. The maximum Gasteiger partial charge on any atom is 0.155 e. The van der Waals surface area contributed by atoms with Gasteiger partial charge in [0.2, 0.25) is 0 Å². The van der Waals surface area contributed by atoms with Crippen LogP contribution in [0.2, 0.25) is 5.15 Å². The van der Waals surface area contributed by atoms with E-state index in [0.29, 0.717) is 11.0 Å². The monoisotopic (exact) mass is 309 g/mol. The first-order valence-electron chi connectivity index (χ1n) is 3.62. The molecule has 5 heteroatoms. The van der Waals surface area contributed by atoms with Crippen LogP contribution in [-0.4, -0.2) is 30.3 Å². The van der Waals surface area contributed by atoms with Crippen LogP contribution in [0.25, 0.3) is 0 Å². The summed E-state index contributed by atoms with van der Waals surface area (Å²) in [5.41, 5.74) is 0. The van der Waals surface area contributed by atoms with Crippen molar-refractivity contribution in [2.45, 2.75) is 0 Å². The molecule has 1 aromatic heterocycles. The molecule has 13 heavy (non-hydrogen) atoms. The summed E-state index contributed by atoms with van der Waals surface area (Å²) in [5.74, 6) is 0.624. The van der Waals surface area contributed by atoms with E-state index < -0.39 is 0 Å². The highest BCUT2D eigenvalue weighted by Crippen LogP contribution is 2.19. The van der Waals surface area contributed by atoms with Crippen LogP contribution in [0.5, 0.6) is 0 Å². The van der Waals surface area contributed by atoms with Gasteiger partial charge in [-0.25, -0.2) is 9.98 Å². The van der Waals surface area contributed by atoms with Crippen LogP contribution in [0.1, 0.15) is 0 Å². The fraction of sp³-hybridized carbons (Fsp3) is 0.250. The van der Waals surface area contributed by atoms with Crippen LogP contribution in [-0.2, 0) is 0 Å². The summed E-state index contributed by atoms with van der Waals surface area (Å²) >= 11 is 7.95. The van der Waals surface area contributed by atoms with E-state index in [9.17, 15) is 0 Å². The van der Waals surface area contributed by atoms with Crippen molar-refractivity contribution in [2.75, 3.05) is 14.1 Å². The summed E-state index contributed by atoms with van der Waals surface area (Å²) in [5, 5.41) is 0.494. The smallest absolute Gasteiger partial charge is 0.155 e. The summed E-state index contributed by atoms with van der Waals surface area (Å²) in [6.45, 7) is 0. The molecule has 0 bridgehead atoms. The third-order valence-electron chi connectivity index (χ3n) is 1.21. The zero-order valence-corrected chi connectivity index (χ0v) is 10.2. The van der Waals surface area contributed by atoms with Gasteiger partial charge in [-0.2, -0.15) is 0 Å². The number of hydrogen-bond donors (Lipinski definition) is 0. The second kappa shape index (κ2) is 4.76. The third-order valence-corrected chi connectivity index (χ3v) is 2.69. The molecule has 0 fully saturated rings. The van der Waals surface area contributed by atoms with E-state index >= 15 is 0 Å². The van der Waals surface area contributed by atoms with Gasteiger partial charge in [-0.1, -0.05) is 11.6 Å². The Morgan fingerprint density at radius 3 is 2.77 bits per heavy atom. The fourth-order valence-corrected chi connectivity index (χ4v) is 1.10. The van der Waals surface area contributed by atoms with E-state index in [1.807, 2.05) is 31.1 Å². The van der Waals surface area contributed by atoms with Crippen molar-refractivity contribution < 1.29 is 0 Å². The molecule has 1 rings (SSSR count). The predicted octanol–water partition coefficient (Wildman–Crippen LogP) is 2.56. The Kier molecular flexibility index (Phi) is 3.92. The summed E-state index contributed by atoms with van der Waals surface area (Å²) in [6, 6.07) is 3.71. The number of hydrogen-bond acceptors (Lipinski definition) is 2. The standard InChI is InChI=1S/C8H9ClIN3/c1-13(2)5-11-7-4-3-6(10)8(9)12-7/h3-5H,1-2H3. The lowest BCUT2D eigenvalue weighted by Gasteiger charge is -2.02. The van der Waals surface area contributed by atoms with Crippen LogP contribution < -0.4 is 0 Å². The fourth-order valence-electron chi connectivity index (χ4n) is 0.654. The van der Waals surface area contributed by atoms with Gasteiger partial charge in [-0.15, -0.1) is 0 Å². The summed E-state index contributed by atoms with van der Waals surface area (Å²) in [7, 11) is 3.80. The Balaban J connectivity index is 2.85. The molecule has 0 aromatic carbocycles. The molecule has 1 heterocycles. The van der Waals surface area contributed by atoms with Gasteiger partial charge in [0.15, 0.2) is 5.82 Å². The summed E-state index contributed by atoms with van der Waals surface area (Å²) in [6.07, 6.45) is 1.69. The molecular formula is C8H9ClIN3. The molecule has 0 unspecified atom stereocenters. The molecule has 0 aliphatic rings. The van der Waals surface area contributed by atoms with Crippen LogP contribution in [0.4, 0.5) is 5.82 Å². The highest BCUT2D eigenvalue weighted by atomic mass is 127. The average Bonchev–Trinajstić information content (AvgIpc) is 2.07. The summed E-state index contributed by atoms with van der Waals surface area (Å²) < 4.78 is 0.933. The SMILES string of the molecule is CN(C)C=Nc1ccc(I)c(Cl)n1. The molecule has 1 aromatic rings. The minimum absolute atomic E-state index is 0.494. The maximum absolute atomic E-state index is 5.82. The van der Waals surface area contributed by atoms with E-state index in [1.54, 1.807) is 6.34 Å². The van der Waals surface area contributed by atoms with Crippen molar-refractivity contribution in [3.8, 4) is 0 Å². The number of halogens is 2. The lowest BCUT2D eigenvalue weighted by molar-refractivity contribution is 0.643. The highest BCUT2D eigenvalue weighted by molar-refractivity contribution is 14.1. The quantitative estimate of drug-likeness (QED) is 0.363. The molecule has 0 amide bonds. The zero-order chi connectivity index (χ0) is 9.84. The van der Waals surface area contributed by atoms with Crippen molar-refractivity contribution in [3.63, 3.8) is 0 Å². The first-order chi connectivity index (χ1) is 6.09. The molecule has 0 aliphatic heterocycles.